The van der Waals surface area contributed by atoms with Gasteiger partial charge < -0.3 is 20.5 Å². The fraction of sp³-hybridized carbons (Fsp3) is 0.562. The first kappa shape index (κ1) is 17.2. The first-order valence-corrected chi connectivity index (χ1v) is 7.72. The minimum atomic E-state index is -0.895. The van der Waals surface area contributed by atoms with Gasteiger partial charge in [-0.15, -0.1) is 0 Å². The van der Waals surface area contributed by atoms with E-state index in [1.807, 2.05) is 0 Å². The Kier molecular flexibility index (Phi) is 5.54. The number of carboxylic acids is 1. The van der Waals surface area contributed by atoms with Crippen LogP contribution in [-0.2, 0) is 9.53 Å². The van der Waals surface area contributed by atoms with Crippen molar-refractivity contribution in [2.75, 3.05) is 32.5 Å². The van der Waals surface area contributed by atoms with E-state index in [1.54, 1.807) is 24.1 Å². The van der Waals surface area contributed by atoms with Crippen LogP contribution in [0.25, 0.3) is 0 Å². The molecule has 7 nitrogen and oxygen atoms in total. The smallest absolute Gasteiger partial charge is 0.311 e. The van der Waals surface area contributed by atoms with Gasteiger partial charge in [0.15, 0.2) is 0 Å². The van der Waals surface area contributed by atoms with Gasteiger partial charge >= 0.3 is 5.97 Å². The Balaban J connectivity index is 2.12. The normalized spacial score (nSPS) is 21.2. The molecule has 1 amide bonds. The van der Waals surface area contributed by atoms with E-state index in [4.69, 9.17) is 10.5 Å². The van der Waals surface area contributed by atoms with Gasteiger partial charge in [0.2, 0.25) is 0 Å². The second kappa shape index (κ2) is 7.41. The molecule has 1 atom stereocenters. The zero-order valence-corrected chi connectivity index (χ0v) is 13.3. The fourth-order valence-corrected chi connectivity index (χ4v) is 3.06. The molecule has 0 unspecified atom stereocenters. The molecule has 3 N–H and O–H groups in total. The number of carbonyl (C=O) groups is 2. The van der Waals surface area contributed by atoms with Crippen molar-refractivity contribution in [3.05, 3.63) is 23.9 Å². The Morgan fingerprint density at radius 2 is 2.26 bits per heavy atom. The molecule has 1 fully saturated rings. The molecule has 7 heteroatoms. The number of carbonyl (C=O) groups excluding carboxylic acids is 1. The number of nitrogen functional groups attached to an aromatic ring is 1. The number of nitrogens with zero attached hydrogens (tertiary/aromatic N) is 2. The van der Waals surface area contributed by atoms with Crippen LogP contribution in [0.15, 0.2) is 18.3 Å². The van der Waals surface area contributed by atoms with Crippen LogP contribution in [0.3, 0.4) is 0 Å². The molecule has 0 aromatic carbocycles. The number of piperidine rings is 1. The third-order valence-corrected chi connectivity index (χ3v) is 4.35. The molecule has 0 aliphatic carbocycles. The van der Waals surface area contributed by atoms with Gasteiger partial charge in [-0.25, -0.2) is 4.98 Å². The van der Waals surface area contributed by atoms with E-state index in [9.17, 15) is 14.7 Å². The van der Waals surface area contributed by atoms with Crippen molar-refractivity contribution in [1.29, 1.82) is 0 Å². The monoisotopic (exact) mass is 321 g/mol. The summed E-state index contributed by atoms with van der Waals surface area (Å²) in [5, 5.41) is 9.69. The maximum Gasteiger partial charge on any atom is 0.311 e. The highest BCUT2D eigenvalue weighted by Crippen LogP contribution is 2.35. The third-order valence-electron chi connectivity index (χ3n) is 4.35. The van der Waals surface area contributed by atoms with Gasteiger partial charge in [0, 0.05) is 33.0 Å². The molecule has 1 saturated heterocycles. The number of anilines is 1. The molecular formula is C16H23N3O4. The summed E-state index contributed by atoms with van der Waals surface area (Å²) in [6.07, 6.45) is 3.84. The van der Waals surface area contributed by atoms with E-state index in [2.05, 4.69) is 4.98 Å². The van der Waals surface area contributed by atoms with Gasteiger partial charge in [-0.2, -0.15) is 0 Å². The highest BCUT2D eigenvalue weighted by atomic mass is 16.5. The summed E-state index contributed by atoms with van der Waals surface area (Å²) in [7, 11) is 1.60. The van der Waals surface area contributed by atoms with E-state index in [-0.39, 0.29) is 12.5 Å². The molecule has 2 heterocycles. The fourth-order valence-electron chi connectivity index (χ4n) is 3.06. The number of pyridine rings is 1. The highest BCUT2D eigenvalue weighted by Gasteiger charge is 2.43. The van der Waals surface area contributed by atoms with Gasteiger partial charge in [0.05, 0.1) is 11.0 Å². The average molecular weight is 321 g/mol. The molecule has 0 saturated carbocycles. The summed E-state index contributed by atoms with van der Waals surface area (Å²) in [6, 6.07) is 3.19. The lowest BCUT2D eigenvalue weighted by atomic mass is 9.76. The zero-order chi connectivity index (χ0) is 16.9. The minimum absolute atomic E-state index is 0.199. The Morgan fingerprint density at radius 3 is 2.87 bits per heavy atom. The second-order valence-electron chi connectivity index (χ2n) is 5.98. The summed E-state index contributed by atoms with van der Waals surface area (Å²) in [5.41, 5.74) is 5.06. The lowest BCUT2D eigenvalue weighted by molar-refractivity contribution is -0.152. The quantitative estimate of drug-likeness (QED) is 0.767. The number of hydrogen-bond acceptors (Lipinski definition) is 5. The van der Waals surface area contributed by atoms with Crippen LogP contribution in [0, 0.1) is 5.41 Å². The first-order chi connectivity index (χ1) is 11.0. The van der Waals surface area contributed by atoms with E-state index in [0.29, 0.717) is 50.2 Å². The topological polar surface area (TPSA) is 106 Å². The summed E-state index contributed by atoms with van der Waals surface area (Å²) >= 11 is 0. The number of aromatic nitrogens is 1. The summed E-state index contributed by atoms with van der Waals surface area (Å²) in [5.74, 6) is -0.698. The van der Waals surface area contributed by atoms with Crippen LogP contribution in [0.5, 0.6) is 0 Å². The van der Waals surface area contributed by atoms with Crippen molar-refractivity contribution in [3.63, 3.8) is 0 Å². The number of hydrogen-bond donors (Lipinski definition) is 2. The molecule has 0 bridgehead atoms. The number of rotatable bonds is 6. The largest absolute Gasteiger partial charge is 0.481 e. The van der Waals surface area contributed by atoms with Gasteiger partial charge in [-0.05, 0) is 37.8 Å². The van der Waals surface area contributed by atoms with Gasteiger partial charge in [-0.1, -0.05) is 0 Å². The predicted octanol–water partition coefficient (Wildman–Crippen LogP) is 1.40. The van der Waals surface area contributed by atoms with Gasteiger partial charge in [-0.3, -0.25) is 9.59 Å². The van der Waals surface area contributed by atoms with Crippen molar-refractivity contribution in [1.82, 2.24) is 9.88 Å². The highest BCUT2D eigenvalue weighted by molar-refractivity contribution is 5.94. The SMILES string of the molecule is COCCC[C@]1(C(=O)O)CCCN(C(=O)c2ccc(N)nc2)C1. The van der Waals surface area contributed by atoms with Gasteiger partial charge in [0.25, 0.3) is 5.91 Å². The van der Waals surface area contributed by atoms with Crippen molar-refractivity contribution in [3.8, 4) is 0 Å². The van der Waals surface area contributed by atoms with Crippen molar-refractivity contribution in [2.24, 2.45) is 5.41 Å². The van der Waals surface area contributed by atoms with E-state index in [0.717, 1.165) is 0 Å². The van der Waals surface area contributed by atoms with Crippen LogP contribution in [0.2, 0.25) is 0 Å². The summed E-state index contributed by atoms with van der Waals surface area (Å²) < 4.78 is 5.02. The number of nitrogens with two attached hydrogens (primary N) is 1. The number of aliphatic carboxylic acids is 1. The lowest BCUT2D eigenvalue weighted by Crippen LogP contribution is -2.50. The van der Waals surface area contributed by atoms with Gasteiger partial charge in [0.1, 0.15) is 5.82 Å². The predicted molar refractivity (Wildman–Crippen MR) is 85.0 cm³/mol. The average Bonchev–Trinajstić information content (AvgIpc) is 2.55. The Bertz CT molecular complexity index is 561. The molecule has 2 rings (SSSR count). The molecule has 1 aliphatic heterocycles. The third kappa shape index (κ3) is 3.98. The molecule has 126 valence electrons. The maximum absolute atomic E-state index is 12.6. The molecule has 23 heavy (non-hydrogen) atoms. The molecule has 1 aromatic heterocycles. The van der Waals surface area contributed by atoms with E-state index >= 15 is 0 Å². The molecule has 0 radical (unpaired) electrons. The molecule has 0 spiro atoms. The number of methoxy groups -OCH3 is 1. The maximum atomic E-state index is 12.6. The molecule has 1 aliphatic rings. The lowest BCUT2D eigenvalue weighted by Gasteiger charge is -2.40. The van der Waals surface area contributed by atoms with E-state index < -0.39 is 11.4 Å². The number of carboxylic acid groups (broad SMARTS) is 1. The molecule has 1 aromatic rings. The number of ether oxygens (including phenoxy) is 1. The first-order valence-electron chi connectivity index (χ1n) is 7.72. The Morgan fingerprint density at radius 1 is 1.48 bits per heavy atom. The standard InChI is InChI=1S/C16H23N3O4/c1-23-9-3-7-16(15(21)22)6-2-8-19(11-16)14(20)12-4-5-13(17)18-10-12/h4-5,10H,2-3,6-9,11H2,1H3,(H2,17,18)(H,21,22)/t16-/m1/s1. The second-order valence-corrected chi connectivity index (χ2v) is 5.98. The van der Waals surface area contributed by atoms with E-state index in [1.165, 1.54) is 6.20 Å². The Labute approximate surface area is 135 Å². The number of amides is 1. The zero-order valence-electron chi connectivity index (χ0n) is 13.3. The van der Waals surface area contributed by atoms with Crippen molar-refractivity contribution >= 4 is 17.7 Å². The van der Waals surface area contributed by atoms with Crippen LogP contribution in [-0.4, -0.2) is 53.7 Å². The van der Waals surface area contributed by atoms with Crippen LogP contribution < -0.4 is 5.73 Å². The number of likely N-dealkylation sites (tertiary alicyclic amines) is 1. The minimum Gasteiger partial charge on any atom is -0.481 e. The van der Waals surface area contributed by atoms with Crippen LogP contribution in [0.1, 0.15) is 36.0 Å². The van der Waals surface area contributed by atoms with Crippen LogP contribution >= 0.6 is 0 Å². The van der Waals surface area contributed by atoms with Crippen molar-refractivity contribution < 1.29 is 19.4 Å². The van der Waals surface area contributed by atoms with Crippen LogP contribution in [0.4, 0.5) is 5.82 Å². The summed E-state index contributed by atoms with van der Waals surface area (Å²) in [4.78, 5) is 29.9. The summed E-state index contributed by atoms with van der Waals surface area (Å²) in [6.45, 7) is 1.29. The van der Waals surface area contributed by atoms with Crippen molar-refractivity contribution in [2.45, 2.75) is 25.7 Å². The molecular weight excluding hydrogens is 298 g/mol. The Hall–Kier alpha value is -2.15.